The summed E-state index contributed by atoms with van der Waals surface area (Å²) in [6, 6.07) is 0. The Labute approximate surface area is 102 Å². The fourth-order valence-corrected chi connectivity index (χ4v) is 1.08. The maximum atomic E-state index is 11.5. The van der Waals surface area contributed by atoms with Crippen molar-refractivity contribution in [1.82, 2.24) is 5.32 Å². The second-order valence-corrected chi connectivity index (χ2v) is 4.36. The van der Waals surface area contributed by atoms with Crippen LogP contribution in [0.4, 0.5) is 0 Å². The summed E-state index contributed by atoms with van der Waals surface area (Å²) in [5.41, 5.74) is 5.32. The van der Waals surface area contributed by atoms with Gasteiger partial charge in [0.05, 0.1) is 5.92 Å². The highest BCUT2D eigenvalue weighted by atomic mass is 16.5. The van der Waals surface area contributed by atoms with Crippen molar-refractivity contribution in [2.24, 2.45) is 22.7 Å². The highest BCUT2D eigenvalue weighted by Gasteiger charge is 2.16. The molecule has 0 aliphatic rings. The first-order valence-electron chi connectivity index (χ1n) is 5.81. The summed E-state index contributed by atoms with van der Waals surface area (Å²) in [7, 11) is 0. The molecular formula is C11H23N3O3. The molecule has 0 aromatic rings. The molecule has 0 fully saturated rings. The smallest absolute Gasteiger partial charge is 0.230 e. The van der Waals surface area contributed by atoms with Gasteiger partial charge in [0.2, 0.25) is 5.91 Å². The Balaban J connectivity index is 3.58. The summed E-state index contributed by atoms with van der Waals surface area (Å²) >= 11 is 0. The summed E-state index contributed by atoms with van der Waals surface area (Å²) < 4.78 is 5.37. The Bertz CT molecular complexity index is 254. The van der Waals surface area contributed by atoms with E-state index in [-0.39, 0.29) is 11.7 Å². The predicted octanol–water partition coefficient (Wildman–Crippen LogP) is 0.548. The number of nitrogens with two attached hydrogens (primary N) is 1. The molecule has 1 atom stereocenters. The maximum absolute atomic E-state index is 11.5. The largest absolute Gasteiger partial charge is 0.409 e. The van der Waals surface area contributed by atoms with Gasteiger partial charge in [0.25, 0.3) is 0 Å². The third-order valence-corrected chi connectivity index (χ3v) is 2.17. The van der Waals surface area contributed by atoms with Gasteiger partial charge in [-0.15, -0.1) is 0 Å². The van der Waals surface area contributed by atoms with Crippen LogP contribution < -0.4 is 11.1 Å². The van der Waals surface area contributed by atoms with Crippen LogP contribution in [0.3, 0.4) is 0 Å². The van der Waals surface area contributed by atoms with Gasteiger partial charge in [-0.25, -0.2) is 0 Å². The van der Waals surface area contributed by atoms with E-state index in [0.717, 1.165) is 13.0 Å². The van der Waals surface area contributed by atoms with Crippen molar-refractivity contribution >= 4 is 11.7 Å². The second-order valence-electron chi connectivity index (χ2n) is 4.36. The lowest BCUT2D eigenvalue weighted by molar-refractivity contribution is -0.122. The third-order valence-electron chi connectivity index (χ3n) is 2.17. The first-order chi connectivity index (χ1) is 7.99. The lowest BCUT2D eigenvalue weighted by Gasteiger charge is -2.11. The van der Waals surface area contributed by atoms with Crippen LogP contribution in [0.15, 0.2) is 5.16 Å². The van der Waals surface area contributed by atoms with Gasteiger partial charge in [0.1, 0.15) is 0 Å². The van der Waals surface area contributed by atoms with Crippen molar-refractivity contribution < 1.29 is 14.7 Å². The summed E-state index contributed by atoms with van der Waals surface area (Å²) in [4.78, 5) is 11.5. The SMILES string of the molecule is CC(C)COCCCNC(=O)C(C)C(N)=NO. The lowest BCUT2D eigenvalue weighted by Crippen LogP contribution is -2.37. The van der Waals surface area contributed by atoms with E-state index < -0.39 is 5.92 Å². The minimum atomic E-state index is -0.614. The van der Waals surface area contributed by atoms with Gasteiger partial charge in [0.15, 0.2) is 5.84 Å². The normalized spacial score (nSPS) is 13.8. The van der Waals surface area contributed by atoms with Crippen molar-refractivity contribution in [1.29, 1.82) is 0 Å². The van der Waals surface area contributed by atoms with Crippen molar-refractivity contribution in [3.8, 4) is 0 Å². The number of ether oxygens (including phenoxy) is 1. The van der Waals surface area contributed by atoms with Crippen LogP contribution in [0.25, 0.3) is 0 Å². The van der Waals surface area contributed by atoms with Crippen LogP contribution in [-0.4, -0.2) is 36.7 Å². The number of amides is 1. The van der Waals surface area contributed by atoms with Gasteiger partial charge in [-0.05, 0) is 19.3 Å². The molecule has 0 radical (unpaired) electrons. The van der Waals surface area contributed by atoms with E-state index in [1.54, 1.807) is 6.92 Å². The molecule has 0 heterocycles. The Morgan fingerprint density at radius 3 is 2.65 bits per heavy atom. The van der Waals surface area contributed by atoms with Gasteiger partial charge >= 0.3 is 0 Å². The minimum absolute atomic E-state index is 0.0847. The van der Waals surface area contributed by atoms with Crippen LogP contribution in [0, 0.1) is 11.8 Å². The Hall–Kier alpha value is -1.30. The molecule has 0 rings (SSSR count). The first-order valence-corrected chi connectivity index (χ1v) is 5.81. The van der Waals surface area contributed by atoms with Crippen LogP contribution in [-0.2, 0) is 9.53 Å². The number of hydrogen-bond donors (Lipinski definition) is 3. The molecule has 0 aromatic carbocycles. The molecule has 4 N–H and O–H groups in total. The molecule has 0 aliphatic carbocycles. The zero-order chi connectivity index (χ0) is 13.3. The number of nitrogens with zero attached hydrogens (tertiary/aromatic N) is 1. The molecule has 6 nitrogen and oxygen atoms in total. The molecule has 0 saturated heterocycles. The summed E-state index contributed by atoms with van der Waals surface area (Å²) in [5.74, 6) is -0.426. The average Bonchev–Trinajstić information content (AvgIpc) is 2.30. The maximum Gasteiger partial charge on any atom is 0.230 e. The predicted molar refractivity (Wildman–Crippen MR) is 65.9 cm³/mol. The molecule has 0 bridgehead atoms. The van der Waals surface area contributed by atoms with Gasteiger partial charge in [-0.1, -0.05) is 19.0 Å². The molecule has 100 valence electrons. The molecular weight excluding hydrogens is 222 g/mol. The summed E-state index contributed by atoms with van der Waals surface area (Å²) in [6.45, 7) is 7.63. The fraction of sp³-hybridized carbons (Fsp3) is 0.818. The van der Waals surface area contributed by atoms with Crippen LogP contribution in [0.1, 0.15) is 27.2 Å². The van der Waals surface area contributed by atoms with Crippen LogP contribution >= 0.6 is 0 Å². The zero-order valence-corrected chi connectivity index (χ0v) is 10.8. The molecule has 0 saturated carbocycles. The molecule has 17 heavy (non-hydrogen) atoms. The zero-order valence-electron chi connectivity index (χ0n) is 10.8. The molecule has 6 heteroatoms. The van der Waals surface area contributed by atoms with E-state index in [9.17, 15) is 4.79 Å². The van der Waals surface area contributed by atoms with Gasteiger partial charge in [-0.3, -0.25) is 4.79 Å². The summed E-state index contributed by atoms with van der Waals surface area (Å²) in [5, 5.41) is 13.9. The van der Waals surface area contributed by atoms with E-state index in [0.29, 0.717) is 19.1 Å². The lowest BCUT2D eigenvalue weighted by atomic mass is 10.1. The molecule has 0 aliphatic heterocycles. The van der Waals surface area contributed by atoms with Crippen LogP contribution in [0.5, 0.6) is 0 Å². The average molecular weight is 245 g/mol. The number of amidine groups is 1. The third kappa shape index (κ3) is 7.57. The number of rotatable bonds is 8. The number of oxime groups is 1. The van der Waals surface area contributed by atoms with E-state index >= 15 is 0 Å². The Kier molecular flexibility index (Phi) is 8.13. The van der Waals surface area contributed by atoms with Crippen molar-refractivity contribution in [3.05, 3.63) is 0 Å². The highest BCUT2D eigenvalue weighted by molar-refractivity contribution is 6.01. The first kappa shape index (κ1) is 15.7. The van der Waals surface area contributed by atoms with E-state index in [1.807, 2.05) is 0 Å². The number of carbonyl (C=O) groups excluding carboxylic acids is 1. The number of carbonyl (C=O) groups is 1. The van der Waals surface area contributed by atoms with Gasteiger partial charge in [0, 0.05) is 19.8 Å². The van der Waals surface area contributed by atoms with E-state index in [1.165, 1.54) is 0 Å². The van der Waals surface area contributed by atoms with Crippen LogP contribution in [0.2, 0.25) is 0 Å². The molecule has 0 spiro atoms. The quantitative estimate of drug-likeness (QED) is 0.191. The Morgan fingerprint density at radius 2 is 2.12 bits per heavy atom. The van der Waals surface area contributed by atoms with Crippen molar-refractivity contribution in [2.75, 3.05) is 19.8 Å². The topological polar surface area (TPSA) is 96.9 Å². The van der Waals surface area contributed by atoms with E-state index in [4.69, 9.17) is 15.7 Å². The van der Waals surface area contributed by atoms with Gasteiger partial charge < -0.3 is 21.0 Å². The standard InChI is InChI=1S/C11H23N3O3/c1-8(2)7-17-6-4-5-13-11(15)9(3)10(12)14-16/h8-9,16H,4-7H2,1-3H3,(H2,12,14)(H,13,15). The fourth-order valence-electron chi connectivity index (χ4n) is 1.08. The molecule has 1 amide bonds. The molecule has 1 unspecified atom stereocenters. The van der Waals surface area contributed by atoms with Gasteiger partial charge in [-0.2, -0.15) is 0 Å². The number of hydrogen-bond acceptors (Lipinski definition) is 4. The Morgan fingerprint density at radius 1 is 1.47 bits per heavy atom. The molecule has 0 aromatic heterocycles. The number of nitrogens with one attached hydrogen (secondary N) is 1. The van der Waals surface area contributed by atoms with Crippen molar-refractivity contribution in [2.45, 2.75) is 27.2 Å². The van der Waals surface area contributed by atoms with Crippen molar-refractivity contribution in [3.63, 3.8) is 0 Å². The second kappa shape index (κ2) is 8.81. The summed E-state index contributed by atoms with van der Waals surface area (Å²) in [6.07, 6.45) is 0.751. The van der Waals surface area contributed by atoms with E-state index in [2.05, 4.69) is 24.3 Å². The minimum Gasteiger partial charge on any atom is -0.409 e. The monoisotopic (exact) mass is 245 g/mol. The highest BCUT2D eigenvalue weighted by Crippen LogP contribution is 1.95.